The van der Waals surface area contributed by atoms with Gasteiger partial charge < -0.3 is 10.5 Å². The van der Waals surface area contributed by atoms with Crippen molar-refractivity contribution in [3.63, 3.8) is 0 Å². The standard InChI is InChI=1S/C15H21N3O/c1-10(2)13-7-11(5-6-14(13)19-4)15-12(8-16)9-18(3)17-15/h5-7,9-10H,8,16H2,1-4H3. The van der Waals surface area contributed by atoms with Crippen LogP contribution in [0.5, 0.6) is 5.75 Å². The van der Waals surface area contributed by atoms with Gasteiger partial charge in [-0.25, -0.2) is 0 Å². The van der Waals surface area contributed by atoms with E-state index in [4.69, 9.17) is 10.5 Å². The SMILES string of the molecule is COc1ccc(-c2nn(C)cc2CN)cc1C(C)C. The number of hydrogen-bond acceptors (Lipinski definition) is 3. The Balaban J connectivity index is 2.53. The molecule has 0 bridgehead atoms. The number of ether oxygens (including phenoxy) is 1. The van der Waals surface area contributed by atoms with Gasteiger partial charge in [-0.05, 0) is 29.7 Å². The second-order valence-electron chi connectivity index (χ2n) is 4.99. The van der Waals surface area contributed by atoms with Crippen molar-refractivity contribution < 1.29 is 4.74 Å². The van der Waals surface area contributed by atoms with Crippen LogP contribution in [-0.4, -0.2) is 16.9 Å². The topological polar surface area (TPSA) is 53.1 Å². The molecule has 0 radical (unpaired) electrons. The van der Waals surface area contributed by atoms with Crippen molar-refractivity contribution in [2.45, 2.75) is 26.3 Å². The van der Waals surface area contributed by atoms with Gasteiger partial charge in [0.15, 0.2) is 0 Å². The molecule has 0 aliphatic rings. The molecule has 2 rings (SSSR count). The number of nitrogens with zero attached hydrogens (tertiary/aromatic N) is 2. The first-order valence-electron chi connectivity index (χ1n) is 6.47. The summed E-state index contributed by atoms with van der Waals surface area (Å²) in [5, 5.41) is 4.50. The van der Waals surface area contributed by atoms with Gasteiger partial charge in [-0.2, -0.15) is 5.10 Å². The molecule has 1 aromatic carbocycles. The summed E-state index contributed by atoms with van der Waals surface area (Å²) in [5.41, 5.74) is 10.1. The predicted molar refractivity (Wildman–Crippen MR) is 77.2 cm³/mol. The highest BCUT2D eigenvalue weighted by Gasteiger charge is 2.13. The number of rotatable bonds is 4. The lowest BCUT2D eigenvalue weighted by Gasteiger charge is -2.13. The summed E-state index contributed by atoms with van der Waals surface area (Å²) < 4.78 is 7.21. The Labute approximate surface area is 114 Å². The molecule has 1 aromatic heterocycles. The normalized spacial score (nSPS) is 11.1. The molecule has 0 fully saturated rings. The van der Waals surface area contributed by atoms with E-state index in [1.165, 1.54) is 5.56 Å². The number of benzene rings is 1. The van der Waals surface area contributed by atoms with E-state index >= 15 is 0 Å². The van der Waals surface area contributed by atoms with Gasteiger partial charge in [0.05, 0.1) is 12.8 Å². The lowest BCUT2D eigenvalue weighted by Crippen LogP contribution is -1.98. The van der Waals surface area contributed by atoms with Gasteiger partial charge in [0, 0.05) is 30.9 Å². The first kappa shape index (κ1) is 13.6. The zero-order valence-corrected chi connectivity index (χ0v) is 12.0. The van der Waals surface area contributed by atoms with Crippen LogP contribution in [0.3, 0.4) is 0 Å². The van der Waals surface area contributed by atoms with E-state index in [1.54, 1.807) is 11.8 Å². The smallest absolute Gasteiger partial charge is 0.122 e. The Morgan fingerprint density at radius 3 is 2.68 bits per heavy atom. The van der Waals surface area contributed by atoms with Crippen LogP contribution in [0.15, 0.2) is 24.4 Å². The van der Waals surface area contributed by atoms with Crippen molar-refractivity contribution in [3.05, 3.63) is 35.5 Å². The molecule has 0 saturated carbocycles. The minimum Gasteiger partial charge on any atom is -0.496 e. The van der Waals surface area contributed by atoms with E-state index in [2.05, 4.69) is 25.0 Å². The van der Waals surface area contributed by atoms with Gasteiger partial charge in [-0.15, -0.1) is 0 Å². The molecule has 2 aromatic rings. The van der Waals surface area contributed by atoms with Gasteiger partial charge >= 0.3 is 0 Å². The number of nitrogens with two attached hydrogens (primary N) is 1. The third kappa shape index (κ3) is 2.63. The summed E-state index contributed by atoms with van der Waals surface area (Å²) in [6, 6.07) is 6.18. The maximum absolute atomic E-state index is 5.78. The van der Waals surface area contributed by atoms with Crippen LogP contribution in [0.4, 0.5) is 0 Å². The van der Waals surface area contributed by atoms with Crippen molar-refractivity contribution in [2.24, 2.45) is 12.8 Å². The lowest BCUT2D eigenvalue weighted by molar-refractivity contribution is 0.407. The van der Waals surface area contributed by atoms with Crippen molar-refractivity contribution >= 4 is 0 Å². The molecule has 4 heteroatoms. The van der Waals surface area contributed by atoms with Crippen LogP contribution in [-0.2, 0) is 13.6 Å². The maximum atomic E-state index is 5.78. The maximum Gasteiger partial charge on any atom is 0.122 e. The van der Waals surface area contributed by atoms with E-state index in [1.807, 2.05) is 25.4 Å². The first-order valence-corrected chi connectivity index (χ1v) is 6.47. The molecule has 102 valence electrons. The Kier molecular flexibility index (Phi) is 3.90. The van der Waals surface area contributed by atoms with Crippen molar-refractivity contribution in [3.8, 4) is 17.0 Å². The third-order valence-corrected chi connectivity index (χ3v) is 3.25. The summed E-state index contributed by atoms with van der Waals surface area (Å²) in [6.45, 7) is 4.81. The largest absolute Gasteiger partial charge is 0.496 e. The second-order valence-corrected chi connectivity index (χ2v) is 4.99. The monoisotopic (exact) mass is 259 g/mol. The minimum atomic E-state index is 0.403. The molecular formula is C15H21N3O. The van der Waals surface area contributed by atoms with Gasteiger partial charge in [0.25, 0.3) is 0 Å². The second kappa shape index (κ2) is 5.45. The zero-order chi connectivity index (χ0) is 14.0. The summed E-state index contributed by atoms with van der Waals surface area (Å²) >= 11 is 0. The highest BCUT2D eigenvalue weighted by Crippen LogP contribution is 2.32. The number of hydrogen-bond donors (Lipinski definition) is 1. The summed E-state index contributed by atoms with van der Waals surface area (Å²) in [4.78, 5) is 0. The Hall–Kier alpha value is -1.81. The molecule has 19 heavy (non-hydrogen) atoms. The van der Waals surface area contributed by atoms with E-state index in [-0.39, 0.29) is 0 Å². The van der Waals surface area contributed by atoms with Crippen LogP contribution >= 0.6 is 0 Å². The molecule has 1 heterocycles. The molecule has 0 amide bonds. The van der Waals surface area contributed by atoms with E-state index in [0.717, 1.165) is 22.6 Å². The minimum absolute atomic E-state index is 0.403. The molecule has 0 spiro atoms. The van der Waals surface area contributed by atoms with Gasteiger partial charge in [0.1, 0.15) is 5.75 Å². The Morgan fingerprint density at radius 1 is 1.37 bits per heavy atom. The molecule has 2 N–H and O–H groups in total. The number of aryl methyl sites for hydroxylation is 1. The molecule has 0 atom stereocenters. The van der Waals surface area contributed by atoms with E-state index in [0.29, 0.717) is 12.5 Å². The summed E-state index contributed by atoms with van der Waals surface area (Å²) in [6.07, 6.45) is 1.97. The molecule has 4 nitrogen and oxygen atoms in total. The highest BCUT2D eigenvalue weighted by molar-refractivity contribution is 5.65. The average Bonchev–Trinajstić information content (AvgIpc) is 2.79. The Morgan fingerprint density at radius 2 is 2.11 bits per heavy atom. The molecular weight excluding hydrogens is 238 g/mol. The molecule has 0 saturated heterocycles. The van der Waals surface area contributed by atoms with E-state index < -0.39 is 0 Å². The van der Waals surface area contributed by atoms with Crippen LogP contribution in [0.25, 0.3) is 11.3 Å². The first-order chi connectivity index (χ1) is 9.06. The van der Waals surface area contributed by atoms with Crippen molar-refractivity contribution in [1.29, 1.82) is 0 Å². The number of methoxy groups -OCH3 is 1. The van der Waals surface area contributed by atoms with Crippen LogP contribution in [0, 0.1) is 0 Å². The fourth-order valence-corrected chi connectivity index (χ4v) is 2.26. The van der Waals surface area contributed by atoms with Gasteiger partial charge in [-0.1, -0.05) is 13.8 Å². The fraction of sp³-hybridized carbons (Fsp3) is 0.400. The molecule has 0 aliphatic carbocycles. The average molecular weight is 259 g/mol. The van der Waals surface area contributed by atoms with E-state index in [9.17, 15) is 0 Å². The molecule has 0 aliphatic heterocycles. The summed E-state index contributed by atoms with van der Waals surface area (Å²) in [5.74, 6) is 1.32. The zero-order valence-electron chi connectivity index (χ0n) is 12.0. The Bertz CT molecular complexity index is 573. The summed E-state index contributed by atoms with van der Waals surface area (Å²) in [7, 11) is 3.61. The van der Waals surface area contributed by atoms with Crippen LogP contribution in [0.2, 0.25) is 0 Å². The van der Waals surface area contributed by atoms with Gasteiger partial charge in [0.2, 0.25) is 0 Å². The van der Waals surface area contributed by atoms with Gasteiger partial charge in [-0.3, -0.25) is 4.68 Å². The fourth-order valence-electron chi connectivity index (χ4n) is 2.26. The quantitative estimate of drug-likeness (QED) is 0.918. The molecule has 0 unspecified atom stereocenters. The lowest BCUT2D eigenvalue weighted by atomic mass is 9.97. The van der Waals surface area contributed by atoms with Crippen molar-refractivity contribution in [2.75, 3.05) is 7.11 Å². The number of aromatic nitrogens is 2. The predicted octanol–water partition coefficient (Wildman–Crippen LogP) is 2.68. The third-order valence-electron chi connectivity index (χ3n) is 3.25. The van der Waals surface area contributed by atoms with Crippen LogP contribution < -0.4 is 10.5 Å². The van der Waals surface area contributed by atoms with Crippen LogP contribution in [0.1, 0.15) is 30.9 Å². The van der Waals surface area contributed by atoms with Crippen molar-refractivity contribution in [1.82, 2.24) is 9.78 Å². The highest BCUT2D eigenvalue weighted by atomic mass is 16.5.